The van der Waals surface area contributed by atoms with Crippen molar-refractivity contribution in [3.8, 4) is 11.5 Å². The van der Waals surface area contributed by atoms with Crippen molar-refractivity contribution in [2.75, 3.05) is 7.11 Å². The smallest absolute Gasteiger partial charge is 0.337 e. The molecule has 0 saturated carbocycles. The highest BCUT2D eigenvalue weighted by Gasteiger charge is 2.11. The molecule has 0 heterocycles. The van der Waals surface area contributed by atoms with Crippen molar-refractivity contribution in [3.05, 3.63) is 59.2 Å². The molecule has 0 bridgehead atoms. The second-order valence-corrected chi connectivity index (χ2v) is 6.59. The molecule has 1 amide bonds. The average molecular weight is 475 g/mol. The first-order valence-corrected chi connectivity index (χ1v) is 9.44. The largest absolute Gasteiger partial charge is 0.488 e. The molecule has 0 fully saturated rings. The van der Waals surface area contributed by atoms with Crippen LogP contribution in [0.25, 0.3) is 0 Å². The van der Waals surface area contributed by atoms with E-state index in [2.05, 4.69) is 16.4 Å². The summed E-state index contributed by atoms with van der Waals surface area (Å²) in [4.78, 5) is 22.1. The van der Waals surface area contributed by atoms with Gasteiger partial charge in [0, 0.05) is 5.56 Å². The Morgan fingerprint density at radius 3 is 1.58 bits per heavy atom. The number of halogens is 2. The minimum Gasteiger partial charge on any atom is -0.488 e. The molecule has 9 N–H and O–H groups in total. The number of hydrogen-bond acceptors (Lipinski definition) is 8. The molecule has 2 aromatic carbocycles. The maximum atomic E-state index is 13.4. The Bertz CT molecular complexity index is 810. The number of carbonyl (C=O) groups is 2. The van der Waals surface area contributed by atoms with Gasteiger partial charge in [0.15, 0.2) is 23.1 Å². The van der Waals surface area contributed by atoms with E-state index in [1.165, 1.54) is 31.4 Å². The van der Waals surface area contributed by atoms with Gasteiger partial charge in [-0.1, -0.05) is 0 Å². The third-order valence-corrected chi connectivity index (χ3v) is 3.40. The molecular formula is C21H32F2N4O6. The molecule has 12 heteroatoms. The third-order valence-electron chi connectivity index (χ3n) is 3.40. The number of hydrogen-bond donors (Lipinski definition) is 4. The molecule has 0 saturated heterocycles. The molecule has 186 valence electrons. The summed E-state index contributed by atoms with van der Waals surface area (Å²) in [7, 11) is 1.25. The van der Waals surface area contributed by atoms with E-state index in [0.717, 1.165) is 12.1 Å². The fourth-order valence-corrected chi connectivity index (χ4v) is 2.17. The second kappa shape index (κ2) is 16.3. The summed E-state index contributed by atoms with van der Waals surface area (Å²) in [6.45, 7) is 7.18. The quantitative estimate of drug-likeness (QED) is 0.211. The zero-order chi connectivity index (χ0) is 24.8. The monoisotopic (exact) mass is 474 g/mol. The average Bonchev–Trinajstić information content (AvgIpc) is 2.76. The highest BCUT2D eigenvalue weighted by atomic mass is 19.1. The van der Waals surface area contributed by atoms with Gasteiger partial charge in [0.2, 0.25) is 0 Å². The topological polar surface area (TPSA) is 183 Å². The lowest BCUT2D eigenvalue weighted by molar-refractivity contribution is 0.0600. The van der Waals surface area contributed by atoms with Crippen molar-refractivity contribution in [3.63, 3.8) is 0 Å². The fraction of sp³-hybridized carbons (Fsp3) is 0.333. The van der Waals surface area contributed by atoms with E-state index in [1.807, 2.05) is 5.43 Å². The van der Waals surface area contributed by atoms with Gasteiger partial charge < -0.3 is 19.7 Å². The predicted octanol–water partition coefficient (Wildman–Crippen LogP) is 1.61. The van der Waals surface area contributed by atoms with Crippen LogP contribution in [0.5, 0.6) is 11.5 Å². The van der Waals surface area contributed by atoms with E-state index >= 15 is 0 Å². The third kappa shape index (κ3) is 11.2. The van der Waals surface area contributed by atoms with Crippen LogP contribution in [0.3, 0.4) is 0 Å². The van der Waals surface area contributed by atoms with E-state index in [-0.39, 0.29) is 40.3 Å². The Labute approximate surface area is 191 Å². The van der Waals surface area contributed by atoms with Gasteiger partial charge in [-0.2, -0.15) is 0 Å². The summed E-state index contributed by atoms with van der Waals surface area (Å²) in [6.07, 6.45) is -0.225. The predicted molar refractivity (Wildman–Crippen MR) is 119 cm³/mol. The normalized spacial score (nSPS) is 9.45. The molecular weight excluding hydrogens is 442 g/mol. The summed E-state index contributed by atoms with van der Waals surface area (Å²) in [5.74, 6) is 10.9. The first-order valence-electron chi connectivity index (χ1n) is 9.44. The standard InChI is InChI=1S/C11H13FO3.C10H13FN2O2.H4N2.H2O/c1-7(2)15-10-5-4-8(6-9(10)12)11(13)14-3;1-6(2)15-9-4-3-7(5-8(9)11)10(14)13-12;1-2;/h4-7H,1-3H3;3-6H,12H2,1-2H3,(H,13,14);1-2H2;1H2. The van der Waals surface area contributed by atoms with Crippen LogP contribution >= 0.6 is 0 Å². The molecule has 0 aliphatic carbocycles. The number of nitrogens with two attached hydrogens (primary N) is 3. The summed E-state index contributed by atoms with van der Waals surface area (Å²) in [5, 5.41) is 0. The van der Waals surface area contributed by atoms with Gasteiger partial charge >= 0.3 is 5.97 Å². The summed E-state index contributed by atoms with van der Waals surface area (Å²) < 4.78 is 41.6. The van der Waals surface area contributed by atoms with Crippen molar-refractivity contribution in [2.45, 2.75) is 39.9 Å². The number of benzene rings is 2. The molecule has 33 heavy (non-hydrogen) atoms. The van der Waals surface area contributed by atoms with Gasteiger partial charge in [0.25, 0.3) is 5.91 Å². The Hall–Kier alpha value is -3.32. The maximum absolute atomic E-state index is 13.4. The van der Waals surface area contributed by atoms with Crippen LogP contribution in [0.1, 0.15) is 48.4 Å². The van der Waals surface area contributed by atoms with Crippen molar-refractivity contribution in [1.29, 1.82) is 0 Å². The summed E-state index contributed by atoms with van der Waals surface area (Å²) in [5.41, 5.74) is 2.25. The Morgan fingerprint density at radius 1 is 0.848 bits per heavy atom. The Kier molecular flexibility index (Phi) is 15.8. The van der Waals surface area contributed by atoms with E-state index in [1.54, 1.807) is 27.7 Å². The maximum Gasteiger partial charge on any atom is 0.337 e. The number of amides is 1. The first kappa shape index (κ1) is 31.9. The van der Waals surface area contributed by atoms with Crippen molar-refractivity contribution >= 4 is 11.9 Å². The zero-order valence-corrected chi connectivity index (χ0v) is 19.1. The minimum atomic E-state index is -0.579. The van der Waals surface area contributed by atoms with Crippen molar-refractivity contribution < 1.29 is 38.1 Å². The number of carbonyl (C=O) groups excluding carboxylic acids is 2. The highest BCUT2D eigenvalue weighted by Crippen LogP contribution is 2.20. The van der Waals surface area contributed by atoms with Crippen LogP contribution in [0, 0.1) is 11.6 Å². The summed E-state index contributed by atoms with van der Waals surface area (Å²) in [6, 6.07) is 7.92. The zero-order valence-electron chi connectivity index (χ0n) is 19.1. The van der Waals surface area contributed by atoms with Crippen LogP contribution in [-0.2, 0) is 4.74 Å². The van der Waals surface area contributed by atoms with E-state index in [4.69, 9.17) is 15.3 Å². The van der Waals surface area contributed by atoms with Crippen LogP contribution in [0.2, 0.25) is 0 Å². The van der Waals surface area contributed by atoms with Gasteiger partial charge in [-0.15, -0.1) is 0 Å². The van der Waals surface area contributed by atoms with Crippen LogP contribution in [0.4, 0.5) is 8.78 Å². The van der Waals surface area contributed by atoms with Crippen molar-refractivity contribution in [2.24, 2.45) is 17.5 Å². The van der Waals surface area contributed by atoms with Gasteiger partial charge in [0.05, 0.1) is 24.9 Å². The number of methoxy groups -OCH3 is 1. The van der Waals surface area contributed by atoms with Crippen LogP contribution < -0.4 is 32.4 Å². The van der Waals surface area contributed by atoms with Crippen LogP contribution in [0.15, 0.2) is 36.4 Å². The van der Waals surface area contributed by atoms with Gasteiger partial charge in [-0.25, -0.2) is 19.4 Å². The molecule has 0 spiro atoms. The van der Waals surface area contributed by atoms with Crippen molar-refractivity contribution in [1.82, 2.24) is 5.43 Å². The molecule has 0 unspecified atom stereocenters. The lowest BCUT2D eigenvalue weighted by Gasteiger charge is -2.10. The SMILES string of the molecule is CC(C)Oc1ccc(C(=O)NN)cc1F.COC(=O)c1ccc(OC(C)C)c(F)c1.NN.O. The van der Waals surface area contributed by atoms with Gasteiger partial charge in [-0.3, -0.25) is 21.9 Å². The number of esters is 1. The van der Waals surface area contributed by atoms with E-state index < -0.39 is 23.5 Å². The number of nitrogen functional groups attached to an aromatic ring is 1. The Balaban J connectivity index is 0. The lowest BCUT2D eigenvalue weighted by atomic mass is 10.2. The molecule has 0 aliphatic heterocycles. The molecule has 0 aliphatic rings. The number of ether oxygens (including phenoxy) is 3. The van der Waals surface area contributed by atoms with Gasteiger partial charge in [0.1, 0.15) is 0 Å². The Morgan fingerprint density at radius 2 is 1.24 bits per heavy atom. The molecule has 2 aromatic rings. The van der Waals surface area contributed by atoms with Crippen LogP contribution in [-0.4, -0.2) is 36.7 Å². The highest BCUT2D eigenvalue weighted by molar-refractivity contribution is 5.93. The second-order valence-electron chi connectivity index (χ2n) is 6.59. The minimum absolute atomic E-state index is 0. The molecule has 0 aromatic heterocycles. The molecule has 2 rings (SSSR count). The number of hydrazine groups is 2. The number of rotatable bonds is 6. The summed E-state index contributed by atoms with van der Waals surface area (Å²) >= 11 is 0. The fourth-order valence-electron chi connectivity index (χ4n) is 2.17. The lowest BCUT2D eigenvalue weighted by Crippen LogP contribution is -2.30. The molecule has 0 atom stereocenters. The van der Waals surface area contributed by atoms with E-state index in [0.29, 0.717) is 0 Å². The van der Waals surface area contributed by atoms with Gasteiger partial charge in [-0.05, 0) is 64.1 Å². The molecule has 10 nitrogen and oxygen atoms in total. The van der Waals surface area contributed by atoms with E-state index in [9.17, 15) is 18.4 Å². The number of nitrogens with one attached hydrogen (secondary N) is 1. The first-order chi connectivity index (χ1) is 15.1. The molecule has 0 radical (unpaired) electrons.